The molecule has 2 N–H and O–H groups in total. The molecule has 2 unspecified atom stereocenters. The molecule has 0 amide bonds. The van der Waals surface area contributed by atoms with Crippen LogP contribution in [0.5, 0.6) is 0 Å². The van der Waals surface area contributed by atoms with Gasteiger partial charge in [0.25, 0.3) is 0 Å². The van der Waals surface area contributed by atoms with Gasteiger partial charge in [-0.15, -0.1) is 5.10 Å². The summed E-state index contributed by atoms with van der Waals surface area (Å²) in [6.45, 7) is 9.58. The number of anilines is 3. The number of ether oxygens (including phenoxy) is 1. The van der Waals surface area contributed by atoms with Crippen LogP contribution in [-0.4, -0.2) is 94.4 Å². The zero-order valence-corrected chi connectivity index (χ0v) is 19.7. The number of nitrogens with one attached hydrogen (secondary N) is 2. The van der Waals surface area contributed by atoms with Crippen LogP contribution in [0.4, 0.5) is 17.3 Å². The number of fused-ring (bicyclic) bond motifs is 3. The molecule has 3 aromatic rings. The normalized spacial score (nSPS) is 25.8. The van der Waals surface area contributed by atoms with E-state index in [-0.39, 0.29) is 6.04 Å². The third-order valence-corrected chi connectivity index (χ3v) is 7.27. The highest BCUT2D eigenvalue weighted by atomic mass is 16.5. The van der Waals surface area contributed by atoms with Gasteiger partial charge in [0.1, 0.15) is 5.82 Å². The number of aromatic amines is 1. The van der Waals surface area contributed by atoms with Crippen LogP contribution in [0.3, 0.4) is 0 Å². The number of hydrogen-bond acceptors (Lipinski definition) is 8. The van der Waals surface area contributed by atoms with Crippen LogP contribution in [0, 0.1) is 0 Å². The van der Waals surface area contributed by atoms with Crippen molar-refractivity contribution in [3.05, 3.63) is 18.3 Å². The number of nitrogens with zero attached hydrogens (tertiary/aromatic N) is 7. The predicted molar refractivity (Wildman–Crippen MR) is 130 cm³/mol. The summed E-state index contributed by atoms with van der Waals surface area (Å²) in [4.78, 5) is 12.7. The first kappa shape index (κ1) is 20.7. The maximum Gasteiger partial charge on any atom is 0.171 e. The van der Waals surface area contributed by atoms with Crippen LogP contribution in [-0.2, 0) is 4.74 Å². The van der Waals surface area contributed by atoms with E-state index >= 15 is 0 Å². The Balaban J connectivity index is 1.58. The van der Waals surface area contributed by atoms with Gasteiger partial charge in [-0.05, 0) is 33.7 Å². The zero-order valence-electron chi connectivity index (χ0n) is 19.7. The Bertz CT molecular complexity index is 1110. The maximum atomic E-state index is 5.72. The second-order valence-corrected chi connectivity index (χ2v) is 9.56. The molecule has 0 aromatic carbocycles. The van der Waals surface area contributed by atoms with Crippen molar-refractivity contribution >= 4 is 28.4 Å². The summed E-state index contributed by atoms with van der Waals surface area (Å²) in [5.74, 6) is 2.69. The Labute approximate surface area is 193 Å². The quantitative estimate of drug-likeness (QED) is 0.610. The number of pyridine rings is 1. The minimum Gasteiger partial charge on any atom is -0.377 e. The molecular weight excluding hydrogens is 418 g/mol. The van der Waals surface area contributed by atoms with E-state index in [9.17, 15) is 0 Å². The van der Waals surface area contributed by atoms with Crippen LogP contribution in [0.2, 0.25) is 0 Å². The number of hydrogen-bond donors (Lipinski definition) is 2. The van der Waals surface area contributed by atoms with Crippen molar-refractivity contribution in [3.8, 4) is 5.82 Å². The molecule has 3 fully saturated rings. The van der Waals surface area contributed by atoms with Gasteiger partial charge in [-0.1, -0.05) is 0 Å². The Morgan fingerprint density at radius 1 is 1.24 bits per heavy atom. The van der Waals surface area contributed by atoms with E-state index in [1.165, 1.54) is 18.5 Å². The van der Waals surface area contributed by atoms with Gasteiger partial charge in [0, 0.05) is 50.4 Å². The molecule has 3 atom stereocenters. The van der Waals surface area contributed by atoms with Gasteiger partial charge in [0.15, 0.2) is 17.3 Å². The predicted octanol–water partition coefficient (Wildman–Crippen LogP) is 2.08. The second-order valence-electron chi connectivity index (χ2n) is 9.56. The van der Waals surface area contributed by atoms with Crippen LogP contribution in [0.1, 0.15) is 26.7 Å². The SMILES string of the molecule is CCNc1nn(-c2ccn[nH]2)c2nc(N3CCOC[C@H]3C)cc(N3C4CCC3CN(C)C4)c12. The Hall–Kier alpha value is -2.85. The summed E-state index contributed by atoms with van der Waals surface area (Å²) >= 11 is 0. The van der Waals surface area contributed by atoms with Gasteiger partial charge in [-0.2, -0.15) is 9.78 Å². The van der Waals surface area contributed by atoms with Crippen molar-refractivity contribution in [2.45, 2.75) is 44.8 Å². The Kier molecular flexibility index (Phi) is 5.14. The molecule has 3 aromatic heterocycles. The minimum absolute atomic E-state index is 0.275. The first-order valence-electron chi connectivity index (χ1n) is 12.1. The van der Waals surface area contributed by atoms with E-state index in [4.69, 9.17) is 14.8 Å². The molecule has 6 heterocycles. The molecule has 0 aliphatic carbocycles. The Morgan fingerprint density at radius 3 is 2.76 bits per heavy atom. The minimum atomic E-state index is 0.275. The van der Waals surface area contributed by atoms with Crippen LogP contribution in [0.25, 0.3) is 16.9 Å². The van der Waals surface area contributed by atoms with Gasteiger partial charge in [0.05, 0.1) is 36.5 Å². The first-order valence-corrected chi connectivity index (χ1v) is 12.1. The monoisotopic (exact) mass is 451 g/mol. The van der Waals surface area contributed by atoms with Crippen molar-refractivity contribution in [2.24, 2.45) is 0 Å². The van der Waals surface area contributed by atoms with E-state index < -0.39 is 0 Å². The van der Waals surface area contributed by atoms with Crippen LogP contribution < -0.4 is 15.1 Å². The van der Waals surface area contributed by atoms with E-state index in [1.54, 1.807) is 6.20 Å². The molecule has 2 bridgehead atoms. The Morgan fingerprint density at radius 2 is 2.06 bits per heavy atom. The fourth-order valence-electron chi connectivity index (χ4n) is 5.83. The van der Waals surface area contributed by atoms with Crippen molar-refractivity contribution in [1.29, 1.82) is 0 Å². The van der Waals surface area contributed by atoms with E-state index in [1.807, 2.05) is 10.7 Å². The maximum absolute atomic E-state index is 5.72. The molecule has 6 rings (SSSR count). The number of likely N-dealkylation sites (tertiary alicyclic amines) is 1. The standard InChI is InChI=1S/C23H33N9O/c1-4-24-22-21-18(31-16-5-6-17(31)13-29(3)12-16)11-20(30-9-10-33-14-15(30)2)26-23(21)32(28-22)19-7-8-25-27-19/h7-8,11,15-17H,4-6,9-10,12-14H2,1-3H3,(H,24,28)(H,25,27)/t15-,16?,17?/m1/s1. The largest absolute Gasteiger partial charge is 0.377 e. The summed E-state index contributed by atoms with van der Waals surface area (Å²) < 4.78 is 7.62. The molecule has 176 valence electrons. The molecule has 0 saturated carbocycles. The highest BCUT2D eigenvalue weighted by Gasteiger charge is 2.41. The van der Waals surface area contributed by atoms with Crippen molar-refractivity contribution < 1.29 is 4.74 Å². The number of aromatic nitrogens is 5. The van der Waals surface area contributed by atoms with Gasteiger partial charge in [-0.3, -0.25) is 5.10 Å². The lowest BCUT2D eigenvalue weighted by Crippen LogP contribution is -2.52. The van der Waals surface area contributed by atoms with Gasteiger partial charge >= 0.3 is 0 Å². The topological polar surface area (TPSA) is 90.4 Å². The number of rotatable bonds is 5. The fourth-order valence-corrected chi connectivity index (χ4v) is 5.83. The smallest absolute Gasteiger partial charge is 0.171 e. The van der Waals surface area contributed by atoms with Crippen molar-refractivity contribution in [3.63, 3.8) is 0 Å². The lowest BCUT2D eigenvalue weighted by molar-refractivity contribution is 0.0985. The van der Waals surface area contributed by atoms with E-state index in [0.29, 0.717) is 12.1 Å². The molecule has 3 saturated heterocycles. The highest BCUT2D eigenvalue weighted by molar-refractivity contribution is 6.01. The number of piperazine rings is 1. The molecule has 10 heteroatoms. The van der Waals surface area contributed by atoms with Crippen LogP contribution >= 0.6 is 0 Å². The molecule has 33 heavy (non-hydrogen) atoms. The molecule has 0 radical (unpaired) electrons. The molecule has 0 spiro atoms. The molecule has 3 aliphatic rings. The van der Waals surface area contributed by atoms with Crippen molar-refractivity contribution in [1.82, 2.24) is 29.9 Å². The first-order chi connectivity index (χ1) is 16.1. The molecule has 10 nitrogen and oxygen atoms in total. The highest BCUT2D eigenvalue weighted by Crippen LogP contribution is 2.42. The number of H-pyrrole nitrogens is 1. The van der Waals surface area contributed by atoms with Gasteiger partial charge in [0.2, 0.25) is 0 Å². The van der Waals surface area contributed by atoms with Gasteiger partial charge < -0.3 is 24.8 Å². The summed E-state index contributed by atoms with van der Waals surface area (Å²) in [6.07, 6.45) is 4.21. The van der Waals surface area contributed by atoms with Gasteiger partial charge in [-0.25, -0.2) is 4.98 Å². The summed E-state index contributed by atoms with van der Waals surface area (Å²) in [5, 5.41) is 16.8. The van der Waals surface area contributed by atoms with E-state index in [2.05, 4.69) is 57.2 Å². The molecule has 3 aliphatic heterocycles. The zero-order chi connectivity index (χ0) is 22.5. The van der Waals surface area contributed by atoms with Crippen molar-refractivity contribution in [2.75, 3.05) is 61.6 Å². The number of likely N-dealkylation sites (N-methyl/N-ethyl adjacent to an activating group) is 1. The average molecular weight is 452 g/mol. The fraction of sp³-hybridized carbons (Fsp3) is 0.609. The second kappa shape index (κ2) is 8.18. The third-order valence-electron chi connectivity index (χ3n) is 7.27. The number of morpholine rings is 1. The third kappa shape index (κ3) is 3.43. The lowest BCUT2D eigenvalue weighted by Gasteiger charge is -2.42. The van der Waals surface area contributed by atoms with E-state index in [0.717, 1.165) is 67.9 Å². The summed E-state index contributed by atoms with van der Waals surface area (Å²) in [5.41, 5.74) is 2.11. The summed E-state index contributed by atoms with van der Waals surface area (Å²) in [6, 6.07) is 5.55. The lowest BCUT2D eigenvalue weighted by atomic mass is 10.1. The molecular formula is C23H33N9O. The average Bonchev–Trinajstić information content (AvgIpc) is 3.51. The summed E-state index contributed by atoms with van der Waals surface area (Å²) in [7, 11) is 2.24. The van der Waals surface area contributed by atoms with Crippen LogP contribution in [0.15, 0.2) is 18.3 Å².